The third-order valence-electron chi connectivity index (χ3n) is 4.91. The number of aryl methyl sites for hydroxylation is 1. The van der Waals surface area contributed by atoms with Crippen molar-refractivity contribution in [3.05, 3.63) is 40.6 Å². The van der Waals surface area contributed by atoms with Crippen LogP contribution in [-0.2, 0) is 14.1 Å². The highest BCUT2D eigenvalue weighted by atomic mass is 19.1. The number of halogens is 1. The molecule has 0 bridgehead atoms. The second kappa shape index (κ2) is 8.04. The number of rotatable bonds is 7. The summed E-state index contributed by atoms with van der Waals surface area (Å²) in [4.78, 5) is 20.2. The van der Waals surface area contributed by atoms with Gasteiger partial charge in [-0.2, -0.15) is 4.98 Å². The molecule has 3 aromatic rings. The lowest BCUT2D eigenvalue weighted by Gasteiger charge is -2.24. The maximum absolute atomic E-state index is 14.7. The largest absolute Gasteiger partial charge is 0.497 e. The number of aromatic nitrogens is 3. The molecular weight excluding hydrogens is 359 g/mol. The predicted octanol–water partition coefficient (Wildman–Crippen LogP) is 3.71. The number of hydrogen-bond donors (Lipinski definition) is 0. The van der Waals surface area contributed by atoms with Gasteiger partial charge < -0.3 is 14.2 Å². The van der Waals surface area contributed by atoms with Gasteiger partial charge in [-0.15, -0.1) is 0 Å². The Kier molecular flexibility index (Phi) is 5.72. The SMILES string of the molecule is CCCN(CCC)c1nc2c(c(-c3ccc(OC)cc3F)cn2C)c(=O)n1C. The summed E-state index contributed by atoms with van der Waals surface area (Å²) in [6, 6.07) is 4.65. The zero-order chi connectivity index (χ0) is 20.4. The first kappa shape index (κ1) is 19.9. The Bertz CT molecular complexity index is 1050. The van der Waals surface area contributed by atoms with E-state index in [1.807, 2.05) is 7.05 Å². The summed E-state index contributed by atoms with van der Waals surface area (Å²) >= 11 is 0. The average Bonchev–Trinajstić information content (AvgIpc) is 3.00. The summed E-state index contributed by atoms with van der Waals surface area (Å²) in [6.45, 7) is 5.85. The topological polar surface area (TPSA) is 52.3 Å². The van der Waals surface area contributed by atoms with Gasteiger partial charge in [0.05, 0.1) is 12.5 Å². The van der Waals surface area contributed by atoms with Gasteiger partial charge in [-0.25, -0.2) is 4.39 Å². The molecule has 7 heteroatoms. The molecule has 0 aliphatic heterocycles. The van der Waals surface area contributed by atoms with E-state index in [9.17, 15) is 9.18 Å². The quantitative estimate of drug-likeness (QED) is 0.621. The summed E-state index contributed by atoms with van der Waals surface area (Å²) in [5, 5.41) is 0.422. The fraction of sp³-hybridized carbons (Fsp3) is 0.429. The van der Waals surface area contributed by atoms with Crippen molar-refractivity contribution in [3.8, 4) is 16.9 Å². The highest BCUT2D eigenvalue weighted by Gasteiger charge is 2.21. The lowest BCUT2D eigenvalue weighted by Crippen LogP contribution is -2.33. The van der Waals surface area contributed by atoms with Crippen LogP contribution in [0, 0.1) is 5.82 Å². The third-order valence-corrected chi connectivity index (χ3v) is 4.91. The molecule has 0 N–H and O–H groups in total. The Morgan fingerprint density at radius 2 is 1.82 bits per heavy atom. The molecule has 0 saturated carbocycles. The number of benzene rings is 1. The number of anilines is 1. The molecule has 150 valence electrons. The summed E-state index contributed by atoms with van der Waals surface area (Å²) in [7, 11) is 5.04. The van der Waals surface area contributed by atoms with Gasteiger partial charge in [-0.3, -0.25) is 9.36 Å². The minimum Gasteiger partial charge on any atom is -0.497 e. The van der Waals surface area contributed by atoms with E-state index >= 15 is 0 Å². The number of methoxy groups -OCH3 is 1. The molecule has 0 fully saturated rings. The lowest BCUT2D eigenvalue weighted by atomic mass is 10.1. The van der Waals surface area contributed by atoms with Gasteiger partial charge in [0.2, 0.25) is 5.95 Å². The molecule has 0 radical (unpaired) electrons. The van der Waals surface area contributed by atoms with Crippen molar-refractivity contribution < 1.29 is 9.13 Å². The van der Waals surface area contributed by atoms with Crippen molar-refractivity contribution in [3.63, 3.8) is 0 Å². The Balaban J connectivity index is 2.24. The monoisotopic (exact) mass is 386 g/mol. The number of nitrogens with zero attached hydrogens (tertiary/aromatic N) is 4. The van der Waals surface area contributed by atoms with Crippen LogP contribution in [0.1, 0.15) is 26.7 Å². The molecular formula is C21H27FN4O2. The van der Waals surface area contributed by atoms with E-state index in [0.717, 1.165) is 25.9 Å². The van der Waals surface area contributed by atoms with E-state index < -0.39 is 5.82 Å². The molecule has 0 amide bonds. The number of fused-ring (bicyclic) bond motifs is 1. The van der Waals surface area contributed by atoms with Crippen molar-refractivity contribution in [1.82, 2.24) is 14.1 Å². The fourth-order valence-electron chi connectivity index (χ4n) is 3.57. The number of ether oxygens (including phenoxy) is 1. The number of hydrogen-bond acceptors (Lipinski definition) is 4. The fourth-order valence-corrected chi connectivity index (χ4v) is 3.57. The standard InChI is InChI=1S/C21H27FN4O2/c1-6-10-26(11-7-2)21-23-19-18(20(27)25(21)4)16(13-24(19)3)15-9-8-14(28-5)12-17(15)22/h8-9,12-13H,6-7,10-11H2,1-5H3. The average molecular weight is 386 g/mol. The van der Waals surface area contributed by atoms with Crippen LogP contribution in [-0.4, -0.2) is 34.3 Å². The Morgan fingerprint density at radius 1 is 1.14 bits per heavy atom. The Morgan fingerprint density at radius 3 is 2.39 bits per heavy atom. The van der Waals surface area contributed by atoms with Crippen molar-refractivity contribution in [2.24, 2.45) is 14.1 Å². The van der Waals surface area contributed by atoms with Crippen LogP contribution < -0.4 is 15.2 Å². The van der Waals surface area contributed by atoms with E-state index in [1.54, 1.807) is 34.5 Å². The highest BCUT2D eigenvalue weighted by Crippen LogP contribution is 2.32. The normalized spacial score (nSPS) is 11.2. The summed E-state index contributed by atoms with van der Waals surface area (Å²) in [5.41, 5.74) is 1.27. The van der Waals surface area contributed by atoms with Crippen LogP contribution in [0.15, 0.2) is 29.2 Å². The van der Waals surface area contributed by atoms with Gasteiger partial charge in [0.25, 0.3) is 5.56 Å². The molecule has 0 spiro atoms. The molecule has 1 aromatic carbocycles. The zero-order valence-electron chi connectivity index (χ0n) is 17.1. The van der Waals surface area contributed by atoms with E-state index in [-0.39, 0.29) is 5.56 Å². The molecule has 6 nitrogen and oxygen atoms in total. The molecule has 0 atom stereocenters. The Labute approximate surface area is 164 Å². The molecule has 0 aliphatic rings. The van der Waals surface area contributed by atoms with Crippen molar-refractivity contribution in [1.29, 1.82) is 0 Å². The van der Waals surface area contributed by atoms with Gasteiger partial charge in [0.15, 0.2) is 0 Å². The van der Waals surface area contributed by atoms with E-state index in [2.05, 4.69) is 18.7 Å². The van der Waals surface area contributed by atoms with Gasteiger partial charge in [-0.1, -0.05) is 13.8 Å². The Hall–Kier alpha value is -2.83. The van der Waals surface area contributed by atoms with Crippen molar-refractivity contribution >= 4 is 17.0 Å². The second-order valence-corrected chi connectivity index (χ2v) is 6.96. The van der Waals surface area contributed by atoms with E-state index in [0.29, 0.717) is 33.9 Å². The van der Waals surface area contributed by atoms with Gasteiger partial charge in [0, 0.05) is 50.6 Å². The second-order valence-electron chi connectivity index (χ2n) is 6.96. The minimum atomic E-state index is -0.434. The molecule has 2 heterocycles. The smallest absolute Gasteiger partial charge is 0.264 e. The molecule has 0 unspecified atom stereocenters. The van der Waals surface area contributed by atoms with Gasteiger partial charge >= 0.3 is 0 Å². The minimum absolute atomic E-state index is 0.178. The van der Waals surface area contributed by atoms with Crippen molar-refractivity contribution in [2.75, 3.05) is 25.1 Å². The first-order valence-corrected chi connectivity index (χ1v) is 9.57. The highest BCUT2D eigenvalue weighted by molar-refractivity contribution is 5.94. The molecule has 3 rings (SSSR count). The molecule has 0 saturated heterocycles. The van der Waals surface area contributed by atoms with Crippen LogP contribution >= 0.6 is 0 Å². The first-order valence-electron chi connectivity index (χ1n) is 9.57. The molecule has 28 heavy (non-hydrogen) atoms. The summed E-state index contributed by atoms with van der Waals surface area (Å²) in [6.07, 6.45) is 3.68. The molecule has 0 aliphatic carbocycles. The summed E-state index contributed by atoms with van der Waals surface area (Å²) in [5.74, 6) is 0.644. The predicted molar refractivity (Wildman–Crippen MR) is 111 cm³/mol. The van der Waals surface area contributed by atoms with Crippen LogP contribution in [0.5, 0.6) is 5.75 Å². The molecule has 2 aromatic heterocycles. The summed E-state index contributed by atoms with van der Waals surface area (Å²) < 4.78 is 23.1. The lowest BCUT2D eigenvalue weighted by molar-refractivity contribution is 0.411. The van der Waals surface area contributed by atoms with E-state index in [1.165, 1.54) is 13.2 Å². The third kappa shape index (κ3) is 3.37. The van der Waals surface area contributed by atoms with Crippen LogP contribution in [0.2, 0.25) is 0 Å². The zero-order valence-corrected chi connectivity index (χ0v) is 17.1. The van der Waals surface area contributed by atoms with Crippen LogP contribution in [0.25, 0.3) is 22.2 Å². The van der Waals surface area contributed by atoms with Crippen LogP contribution in [0.3, 0.4) is 0 Å². The maximum atomic E-state index is 14.7. The van der Waals surface area contributed by atoms with Crippen molar-refractivity contribution in [2.45, 2.75) is 26.7 Å². The van der Waals surface area contributed by atoms with Gasteiger partial charge in [-0.05, 0) is 25.0 Å². The first-order chi connectivity index (χ1) is 13.4. The van der Waals surface area contributed by atoms with Crippen LogP contribution in [0.4, 0.5) is 10.3 Å². The van der Waals surface area contributed by atoms with Gasteiger partial charge in [0.1, 0.15) is 17.2 Å². The maximum Gasteiger partial charge on any atom is 0.264 e. The van der Waals surface area contributed by atoms with E-state index in [4.69, 9.17) is 9.72 Å².